The molecule has 1 amide bonds. The summed E-state index contributed by atoms with van der Waals surface area (Å²) in [4.78, 5) is 16.5. The summed E-state index contributed by atoms with van der Waals surface area (Å²) in [6.07, 6.45) is 2.23. The lowest BCUT2D eigenvalue weighted by atomic mass is 10.1. The summed E-state index contributed by atoms with van der Waals surface area (Å²) in [7, 11) is 0. The number of anilines is 2. The van der Waals surface area contributed by atoms with Gasteiger partial charge in [-0.2, -0.15) is 0 Å². The van der Waals surface area contributed by atoms with Crippen LogP contribution in [0.2, 0.25) is 0 Å². The van der Waals surface area contributed by atoms with E-state index in [9.17, 15) is 9.18 Å². The van der Waals surface area contributed by atoms with Crippen LogP contribution in [0.25, 0.3) is 0 Å². The molecular formula is C21H20FN3O. The highest BCUT2D eigenvalue weighted by molar-refractivity contribution is 6.03. The van der Waals surface area contributed by atoms with Crippen molar-refractivity contribution in [3.8, 4) is 0 Å². The average molecular weight is 349 g/mol. The predicted molar refractivity (Wildman–Crippen MR) is 102 cm³/mol. The van der Waals surface area contributed by atoms with Crippen LogP contribution in [0.15, 0.2) is 66.9 Å². The molecule has 0 unspecified atom stereocenters. The Morgan fingerprint density at radius 3 is 2.65 bits per heavy atom. The van der Waals surface area contributed by atoms with E-state index in [4.69, 9.17) is 0 Å². The molecule has 0 saturated heterocycles. The molecule has 1 aromatic heterocycles. The summed E-state index contributed by atoms with van der Waals surface area (Å²) in [6.45, 7) is 2.54. The monoisotopic (exact) mass is 349 g/mol. The lowest BCUT2D eigenvalue weighted by molar-refractivity contribution is 0.102. The molecular weight excluding hydrogens is 329 g/mol. The Hall–Kier alpha value is -3.21. The van der Waals surface area contributed by atoms with E-state index >= 15 is 0 Å². The number of hydrogen-bond acceptors (Lipinski definition) is 3. The van der Waals surface area contributed by atoms with Gasteiger partial charge in [0.2, 0.25) is 0 Å². The number of rotatable bonds is 6. The second kappa shape index (κ2) is 8.25. The minimum atomic E-state index is -0.193. The van der Waals surface area contributed by atoms with E-state index in [2.05, 4.69) is 15.6 Å². The van der Waals surface area contributed by atoms with Gasteiger partial charge in [0.15, 0.2) is 0 Å². The fraction of sp³-hybridized carbons (Fsp3) is 0.143. The zero-order valence-electron chi connectivity index (χ0n) is 14.5. The van der Waals surface area contributed by atoms with Gasteiger partial charge >= 0.3 is 0 Å². The van der Waals surface area contributed by atoms with Crippen LogP contribution in [0, 0.1) is 12.7 Å². The number of benzene rings is 2. The number of amides is 1. The Balaban J connectivity index is 1.53. The summed E-state index contributed by atoms with van der Waals surface area (Å²) in [6, 6.07) is 17.7. The van der Waals surface area contributed by atoms with Crippen LogP contribution in [0.1, 0.15) is 21.5 Å². The van der Waals surface area contributed by atoms with E-state index in [0.29, 0.717) is 29.9 Å². The number of carbonyl (C=O) groups is 1. The quantitative estimate of drug-likeness (QED) is 0.692. The van der Waals surface area contributed by atoms with Crippen LogP contribution in [0.3, 0.4) is 0 Å². The van der Waals surface area contributed by atoms with Gasteiger partial charge in [0, 0.05) is 12.1 Å². The third kappa shape index (κ3) is 4.66. The molecule has 0 aliphatic carbocycles. The molecule has 0 fully saturated rings. The maximum Gasteiger partial charge on any atom is 0.256 e. The highest BCUT2D eigenvalue weighted by Crippen LogP contribution is 2.13. The van der Waals surface area contributed by atoms with Crippen molar-refractivity contribution >= 4 is 17.4 Å². The average Bonchev–Trinajstić information content (AvgIpc) is 2.65. The fourth-order valence-corrected chi connectivity index (χ4v) is 2.59. The first-order valence-corrected chi connectivity index (χ1v) is 8.43. The number of hydrogen-bond donors (Lipinski definition) is 2. The van der Waals surface area contributed by atoms with Crippen molar-refractivity contribution in [3.63, 3.8) is 0 Å². The lowest BCUT2D eigenvalue weighted by Gasteiger charge is -2.09. The first-order valence-electron chi connectivity index (χ1n) is 8.43. The second-order valence-corrected chi connectivity index (χ2v) is 6.02. The van der Waals surface area contributed by atoms with Gasteiger partial charge < -0.3 is 10.6 Å². The van der Waals surface area contributed by atoms with Gasteiger partial charge in [-0.15, -0.1) is 0 Å². The summed E-state index contributed by atoms with van der Waals surface area (Å²) in [5, 5.41) is 5.97. The molecule has 2 N–H and O–H groups in total. The molecule has 0 bridgehead atoms. The van der Waals surface area contributed by atoms with Gasteiger partial charge in [-0.3, -0.25) is 4.79 Å². The molecule has 0 saturated carbocycles. The highest BCUT2D eigenvalue weighted by Gasteiger charge is 2.07. The van der Waals surface area contributed by atoms with Crippen molar-refractivity contribution in [2.24, 2.45) is 0 Å². The number of nitrogens with one attached hydrogen (secondary N) is 2. The maximum absolute atomic E-state index is 13.6. The molecule has 2 aromatic carbocycles. The molecule has 0 spiro atoms. The highest BCUT2D eigenvalue weighted by atomic mass is 19.1. The van der Waals surface area contributed by atoms with E-state index in [1.165, 1.54) is 6.07 Å². The van der Waals surface area contributed by atoms with E-state index in [-0.39, 0.29) is 11.7 Å². The third-order valence-electron chi connectivity index (χ3n) is 3.97. The molecule has 5 heteroatoms. The standard InChI is InChI=1S/C21H20FN3O/c1-15-5-4-7-17(13-15)21(26)25-20-10-9-18(14-24-20)23-12-11-16-6-2-3-8-19(16)22/h2-10,13-14,23H,11-12H2,1H3,(H,24,25,26). The molecule has 0 aliphatic rings. The molecule has 26 heavy (non-hydrogen) atoms. The molecule has 3 rings (SSSR count). The van der Waals surface area contributed by atoms with Crippen LogP contribution in [-0.2, 0) is 6.42 Å². The molecule has 0 atom stereocenters. The Morgan fingerprint density at radius 1 is 1.08 bits per heavy atom. The summed E-state index contributed by atoms with van der Waals surface area (Å²) < 4.78 is 13.6. The molecule has 0 radical (unpaired) electrons. The molecule has 0 aliphatic heterocycles. The van der Waals surface area contributed by atoms with Crippen LogP contribution in [0.5, 0.6) is 0 Å². The maximum atomic E-state index is 13.6. The van der Waals surface area contributed by atoms with Crippen molar-refractivity contribution in [1.82, 2.24) is 4.98 Å². The number of aryl methyl sites for hydroxylation is 1. The van der Waals surface area contributed by atoms with Gasteiger partial charge in [0.25, 0.3) is 5.91 Å². The summed E-state index contributed by atoms with van der Waals surface area (Å²) >= 11 is 0. The van der Waals surface area contributed by atoms with Crippen molar-refractivity contribution < 1.29 is 9.18 Å². The predicted octanol–water partition coefficient (Wildman–Crippen LogP) is 4.44. The van der Waals surface area contributed by atoms with Crippen LogP contribution < -0.4 is 10.6 Å². The largest absolute Gasteiger partial charge is 0.383 e. The van der Waals surface area contributed by atoms with Crippen molar-refractivity contribution in [2.75, 3.05) is 17.2 Å². The summed E-state index contributed by atoms with van der Waals surface area (Å²) in [5.41, 5.74) is 3.11. The Morgan fingerprint density at radius 2 is 1.92 bits per heavy atom. The second-order valence-electron chi connectivity index (χ2n) is 6.02. The van der Waals surface area contributed by atoms with E-state index in [1.54, 1.807) is 30.5 Å². The van der Waals surface area contributed by atoms with Crippen molar-refractivity contribution in [2.45, 2.75) is 13.3 Å². The Labute approximate surface area is 152 Å². The fourth-order valence-electron chi connectivity index (χ4n) is 2.59. The van der Waals surface area contributed by atoms with Gasteiger partial charge in [0.1, 0.15) is 11.6 Å². The van der Waals surface area contributed by atoms with Crippen LogP contribution >= 0.6 is 0 Å². The molecule has 132 valence electrons. The first-order chi connectivity index (χ1) is 12.6. The van der Waals surface area contributed by atoms with Gasteiger partial charge in [-0.05, 0) is 49.2 Å². The third-order valence-corrected chi connectivity index (χ3v) is 3.97. The zero-order valence-corrected chi connectivity index (χ0v) is 14.5. The number of aromatic nitrogens is 1. The van der Waals surface area contributed by atoms with Gasteiger partial charge in [-0.25, -0.2) is 9.37 Å². The van der Waals surface area contributed by atoms with E-state index in [0.717, 1.165) is 11.3 Å². The lowest BCUT2D eigenvalue weighted by Crippen LogP contribution is -2.13. The number of nitrogens with zero attached hydrogens (tertiary/aromatic N) is 1. The normalized spacial score (nSPS) is 10.4. The minimum absolute atomic E-state index is 0.193. The summed E-state index contributed by atoms with van der Waals surface area (Å²) in [5.74, 6) is 0.0965. The first kappa shape index (κ1) is 17.6. The van der Waals surface area contributed by atoms with E-state index < -0.39 is 0 Å². The van der Waals surface area contributed by atoms with Crippen molar-refractivity contribution in [3.05, 3.63) is 89.4 Å². The Bertz CT molecular complexity index is 894. The van der Waals surface area contributed by atoms with E-state index in [1.807, 2.05) is 37.3 Å². The topological polar surface area (TPSA) is 54.0 Å². The van der Waals surface area contributed by atoms with Crippen LogP contribution in [-0.4, -0.2) is 17.4 Å². The van der Waals surface area contributed by atoms with Gasteiger partial charge in [0.05, 0.1) is 11.9 Å². The van der Waals surface area contributed by atoms with Crippen molar-refractivity contribution in [1.29, 1.82) is 0 Å². The Kier molecular flexibility index (Phi) is 5.59. The van der Waals surface area contributed by atoms with Gasteiger partial charge in [-0.1, -0.05) is 35.9 Å². The number of pyridine rings is 1. The molecule has 1 heterocycles. The van der Waals surface area contributed by atoms with Crippen LogP contribution in [0.4, 0.5) is 15.9 Å². The minimum Gasteiger partial charge on any atom is -0.383 e. The number of halogens is 1. The molecule has 4 nitrogen and oxygen atoms in total. The SMILES string of the molecule is Cc1cccc(C(=O)Nc2ccc(NCCc3ccccc3F)cn2)c1. The number of carbonyl (C=O) groups excluding carboxylic acids is 1. The smallest absolute Gasteiger partial charge is 0.256 e. The zero-order chi connectivity index (χ0) is 18.4. The molecule has 3 aromatic rings.